The van der Waals surface area contributed by atoms with Crippen molar-refractivity contribution < 1.29 is 23.5 Å². The Morgan fingerprint density at radius 1 is 1.67 bits per heavy atom. The van der Waals surface area contributed by atoms with Crippen molar-refractivity contribution in [2.75, 3.05) is 0 Å². The second-order valence-corrected chi connectivity index (χ2v) is 2.85. The summed E-state index contributed by atoms with van der Waals surface area (Å²) in [6.07, 6.45) is 0. The predicted molar refractivity (Wildman–Crippen MR) is 29.3 cm³/mol. The van der Waals surface area contributed by atoms with Gasteiger partial charge in [0.2, 0.25) is 0 Å². The van der Waals surface area contributed by atoms with E-state index in [-0.39, 0.29) is 14.9 Å². The summed E-state index contributed by atoms with van der Waals surface area (Å²) in [4.78, 5) is 11.0. The van der Waals surface area contributed by atoms with Crippen molar-refractivity contribution in [1.29, 1.82) is 0 Å². The van der Waals surface area contributed by atoms with Crippen LogP contribution in [0.15, 0.2) is 17.5 Å². The zero-order valence-electron chi connectivity index (χ0n) is 4.26. The van der Waals surface area contributed by atoms with Gasteiger partial charge in [-0.25, -0.2) is 0 Å². The SMILES string of the molecule is [O]=[Cu][C](=O)c1cccs1. The molecule has 0 saturated heterocycles. The summed E-state index contributed by atoms with van der Waals surface area (Å²) in [6, 6.07) is 3.38. The molecule has 0 bridgehead atoms. The van der Waals surface area contributed by atoms with Gasteiger partial charge in [0.1, 0.15) is 0 Å². The van der Waals surface area contributed by atoms with E-state index in [9.17, 15) is 8.63 Å². The zero-order chi connectivity index (χ0) is 6.69. The number of rotatable bonds is 2. The van der Waals surface area contributed by atoms with Gasteiger partial charge < -0.3 is 0 Å². The Kier molecular flexibility index (Phi) is 2.28. The van der Waals surface area contributed by atoms with Crippen LogP contribution in [0.1, 0.15) is 9.67 Å². The standard InChI is InChI=1S/C5H3OS.Cu.O/c6-4-5-2-1-3-7-5;;/h1-3H;;. The van der Waals surface area contributed by atoms with Crippen LogP contribution in [0.2, 0.25) is 0 Å². The molecule has 52 valence electrons. The quantitative estimate of drug-likeness (QED) is 0.660. The second-order valence-electron chi connectivity index (χ2n) is 1.28. The number of carbonyl (C=O) groups is 1. The van der Waals surface area contributed by atoms with Crippen molar-refractivity contribution in [2.45, 2.75) is 0 Å². The summed E-state index contributed by atoms with van der Waals surface area (Å²) in [7, 11) is 0. The van der Waals surface area contributed by atoms with E-state index in [1.54, 1.807) is 17.5 Å². The van der Waals surface area contributed by atoms with Crippen LogP contribution in [0.5, 0.6) is 0 Å². The van der Waals surface area contributed by atoms with Crippen molar-refractivity contribution in [2.24, 2.45) is 0 Å². The van der Waals surface area contributed by atoms with Gasteiger partial charge in [0.25, 0.3) is 0 Å². The second kappa shape index (κ2) is 3.01. The van der Waals surface area contributed by atoms with E-state index < -0.39 is 4.68 Å². The molecule has 1 heterocycles. The fraction of sp³-hybridized carbons (Fsp3) is 0. The summed E-state index contributed by atoms with van der Waals surface area (Å²) in [5, 5.41) is 1.77. The third-order valence-corrected chi connectivity index (χ3v) is 2.18. The molecular weight excluding hydrogens is 188 g/mol. The van der Waals surface area contributed by atoms with Crippen molar-refractivity contribution in [3.05, 3.63) is 22.4 Å². The first kappa shape index (κ1) is 6.80. The predicted octanol–water partition coefficient (Wildman–Crippen LogP) is 1.32. The zero-order valence-corrected chi connectivity index (χ0v) is 6.02. The van der Waals surface area contributed by atoms with Gasteiger partial charge in [-0.3, -0.25) is 0 Å². The molecule has 0 amide bonds. The number of carbonyl (C=O) groups excluding carboxylic acids is 1. The van der Waals surface area contributed by atoms with Crippen LogP contribution < -0.4 is 0 Å². The number of hydrogen-bond donors (Lipinski definition) is 0. The van der Waals surface area contributed by atoms with Crippen molar-refractivity contribution in [3.8, 4) is 0 Å². The molecular formula is C5H3CuO2S. The molecule has 0 aromatic carbocycles. The van der Waals surface area contributed by atoms with Gasteiger partial charge in [0.05, 0.1) is 0 Å². The molecule has 0 aliphatic heterocycles. The minimum atomic E-state index is -0.409. The Morgan fingerprint density at radius 3 is 2.89 bits per heavy atom. The topological polar surface area (TPSA) is 34.1 Å². The molecule has 0 aliphatic carbocycles. The van der Waals surface area contributed by atoms with Crippen LogP contribution in [0.3, 0.4) is 0 Å². The fourth-order valence-corrected chi connectivity index (χ4v) is 1.40. The molecule has 9 heavy (non-hydrogen) atoms. The first-order chi connectivity index (χ1) is 4.34. The van der Waals surface area contributed by atoms with Gasteiger partial charge in [0, 0.05) is 0 Å². The van der Waals surface area contributed by atoms with Crippen molar-refractivity contribution in [3.63, 3.8) is 0 Å². The average Bonchev–Trinajstić information content (AvgIpc) is 2.37. The summed E-state index contributed by atoms with van der Waals surface area (Å²) in [6.45, 7) is 0. The van der Waals surface area contributed by atoms with Gasteiger partial charge in [0.15, 0.2) is 0 Å². The van der Waals surface area contributed by atoms with E-state index in [2.05, 4.69) is 0 Å². The molecule has 1 rings (SSSR count). The van der Waals surface area contributed by atoms with Gasteiger partial charge in [-0.05, 0) is 0 Å². The van der Waals surface area contributed by atoms with E-state index in [4.69, 9.17) is 0 Å². The Balaban J connectivity index is 2.89. The van der Waals surface area contributed by atoms with Crippen molar-refractivity contribution in [1.82, 2.24) is 0 Å². The maximum atomic E-state index is 10.5. The number of hydrogen-bond acceptors (Lipinski definition) is 3. The van der Waals surface area contributed by atoms with Crippen LogP contribution in [0.25, 0.3) is 0 Å². The molecule has 0 radical (unpaired) electrons. The fourth-order valence-electron chi connectivity index (χ4n) is 0.410. The van der Waals surface area contributed by atoms with E-state index >= 15 is 0 Å². The Labute approximate surface area is 62.2 Å². The summed E-state index contributed by atoms with van der Waals surface area (Å²) < 4.78 is 9.48. The Hall–Kier alpha value is -0.311. The molecule has 0 unspecified atom stereocenters. The monoisotopic (exact) mass is 190 g/mol. The van der Waals surface area contributed by atoms with Crippen LogP contribution in [0.4, 0.5) is 0 Å². The molecule has 0 spiro atoms. The minimum absolute atomic E-state index is 0.0843. The van der Waals surface area contributed by atoms with Crippen LogP contribution >= 0.6 is 11.3 Å². The maximum absolute atomic E-state index is 10.5. The third-order valence-electron chi connectivity index (χ3n) is 0.752. The van der Waals surface area contributed by atoms with E-state index in [1.807, 2.05) is 0 Å². The van der Waals surface area contributed by atoms with Crippen molar-refractivity contribution >= 4 is 16.0 Å². The van der Waals surface area contributed by atoms with Crippen LogP contribution in [0, 0.1) is 0 Å². The molecule has 0 N–H and O–H groups in total. The number of thiophene rings is 1. The van der Waals surface area contributed by atoms with Crippen LogP contribution in [-0.2, 0) is 18.7 Å². The molecule has 1 aromatic rings. The molecule has 0 fully saturated rings. The molecule has 4 heteroatoms. The van der Waals surface area contributed by atoms with Gasteiger partial charge in [-0.2, -0.15) is 0 Å². The van der Waals surface area contributed by atoms with E-state index in [1.165, 1.54) is 11.3 Å². The molecule has 0 aliphatic rings. The summed E-state index contributed by atoms with van der Waals surface area (Å²) in [5.74, 6) is 0. The Bertz CT molecular complexity index is 217. The normalized spacial score (nSPS) is 9.78. The third kappa shape index (κ3) is 1.55. The molecule has 2 nitrogen and oxygen atoms in total. The van der Waals surface area contributed by atoms with Gasteiger partial charge >= 0.3 is 61.9 Å². The van der Waals surface area contributed by atoms with E-state index in [0.29, 0.717) is 4.88 Å². The van der Waals surface area contributed by atoms with Gasteiger partial charge in [-0.1, -0.05) is 0 Å². The molecule has 0 saturated carbocycles. The van der Waals surface area contributed by atoms with Crippen LogP contribution in [-0.4, -0.2) is 4.68 Å². The average molecular weight is 191 g/mol. The first-order valence-electron chi connectivity index (χ1n) is 2.12. The summed E-state index contributed by atoms with van der Waals surface area (Å²) in [5.41, 5.74) is 0. The first-order valence-corrected chi connectivity index (χ1v) is 3.86. The Morgan fingerprint density at radius 2 is 2.44 bits per heavy atom. The summed E-state index contributed by atoms with van der Waals surface area (Å²) >= 11 is 1.37. The molecule has 1 aromatic heterocycles. The van der Waals surface area contributed by atoms with Gasteiger partial charge in [-0.15, -0.1) is 0 Å². The molecule has 0 atom stereocenters. The van der Waals surface area contributed by atoms with E-state index in [0.717, 1.165) is 0 Å².